The van der Waals surface area contributed by atoms with E-state index < -0.39 is 65.6 Å². The van der Waals surface area contributed by atoms with Crippen LogP contribution in [0, 0.1) is 17.7 Å². The molecule has 1 atom stereocenters. The molecule has 3 aromatic rings. The topological polar surface area (TPSA) is 99.4 Å². The minimum absolute atomic E-state index is 0.0982. The quantitative estimate of drug-likeness (QED) is 0.276. The highest BCUT2D eigenvalue weighted by molar-refractivity contribution is 6.06. The number of nitrogens with zero attached hydrogens (tertiary/aromatic N) is 5. The summed E-state index contributed by atoms with van der Waals surface area (Å²) in [6.45, 7) is 1.28. The van der Waals surface area contributed by atoms with Crippen molar-refractivity contribution in [3.8, 4) is 11.6 Å². The lowest BCUT2D eigenvalue weighted by molar-refractivity contribution is -0.139. The third kappa shape index (κ3) is 5.84. The van der Waals surface area contributed by atoms with Crippen LogP contribution in [0.15, 0.2) is 36.8 Å². The number of carbonyl (C=O) groups excluding carboxylic acids is 2. The maximum atomic E-state index is 15.3. The average Bonchev–Trinajstić information content (AvgIpc) is 3.42. The van der Waals surface area contributed by atoms with Gasteiger partial charge < -0.3 is 9.47 Å². The van der Waals surface area contributed by atoms with Crippen LogP contribution in [0.25, 0.3) is 0 Å². The van der Waals surface area contributed by atoms with E-state index in [0.29, 0.717) is 0 Å². The summed E-state index contributed by atoms with van der Waals surface area (Å²) in [5.41, 5.74) is -1.68. The van der Waals surface area contributed by atoms with Gasteiger partial charge in [-0.3, -0.25) is 9.69 Å². The van der Waals surface area contributed by atoms with Gasteiger partial charge in [0.05, 0.1) is 30.2 Å². The van der Waals surface area contributed by atoms with E-state index in [1.807, 2.05) is 0 Å². The Morgan fingerprint density at radius 2 is 1.80 bits per heavy atom. The minimum atomic E-state index is -4.93. The number of aromatic nitrogens is 4. The second kappa shape index (κ2) is 11.0. The Bertz CT molecular complexity index is 1440. The lowest BCUT2D eigenvalue weighted by Crippen LogP contribution is -2.48. The first-order chi connectivity index (χ1) is 19.4. The Hall–Kier alpha value is -4.17. The molecule has 1 aliphatic carbocycles. The van der Waals surface area contributed by atoms with Crippen LogP contribution in [0.5, 0.6) is 11.6 Å². The van der Waals surface area contributed by atoms with Gasteiger partial charge in [0, 0.05) is 30.2 Å². The average molecular weight is 583 g/mol. The summed E-state index contributed by atoms with van der Waals surface area (Å²) in [4.78, 5) is 31.9. The third-order valence-electron chi connectivity index (χ3n) is 7.10. The zero-order valence-corrected chi connectivity index (χ0v) is 21.4. The largest absolute Gasteiger partial charge is 0.438 e. The third-order valence-corrected chi connectivity index (χ3v) is 7.10. The van der Waals surface area contributed by atoms with E-state index >= 15 is 4.39 Å². The van der Waals surface area contributed by atoms with Gasteiger partial charge in [0.1, 0.15) is 5.56 Å². The van der Waals surface area contributed by atoms with Crippen LogP contribution in [0.1, 0.15) is 54.1 Å². The first-order valence-electron chi connectivity index (χ1n) is 12.7. The lowest BCUT2D eigenvalue weighted by Gasteiger charge is -2.38. The normalized spacial score (nSPS) is 21.0. The molecule has 2 aliphatic rings. The van der Waals surface area contributed by atoms with Gasteiger partial charge in [0.25, 0.3) is 0 Å². The molecule has 41 heavy (non-hydrogen) atoms. The number of benzene rings is 1. The molecular weight excluding hydrogens is 560 g/mol. The van der Waals surface area contributed by atoms with Gasteiger partial charge in [0.15, 0.2) is 17.8 Å². The van der Waals surface area contributed by atoms with Crippen molar-refractivity contribution in [3.63, 3.8) is 0 Å². The van der Waals surface area contributed by atoms with Crippen molar-refractivity contribution in [2.45, 2.75) is 58.0 Å². The van der Waals surface area contributed by atoms with E-state index in [2.05, 4.69) is 15.2 Å². The van der Waals surface area contributed by atoms with Gasteiger partial charge in [-0.15, -0.1) is 0 Å². The van der Waals surface area contributed by atoms with Gasteiger partial charge in [-0.25, -0.2) is 22.9 Å². The van der Waals surface area contributed by atoms with Crippen LogP contribution in [-0.4, -0.2) is 44.5 Å². The standard InChI is InChI=1S/C26H23F6N5O4/c1-13-37(24(38)16-4-2-15(3-5-16)22(28)29)20-10-19(27)21(9-17(20)25(39)40-13)41-23-18(26(30,31)32)8-14(11-33-23)12-36-34-6-7-35-36/h6-11,13,15-16,22H,2-5,12H2,1H3. The number of anilines is 1. The molecule has 0 radical (unpaired) electrons. The van der Waals surface area contributed by atoms with Gasteiger partial charge in [-0.1, -0.05) is 0 Å². The fourth-order valence-corrected chi connectivity index (χ4v) is 5.02. The maximum Gasteiger partial charge on any atom is 0.421 e. The highest BCUT2D eigenvalue weighted by atomic mass is 19.4. The van der Waals surface area contributed by atoms with E-state index in [0.717, 1.165) is 34.1 Å². The zero-order chi connectivity index (χ0) is 29.5. The van der Waals surface area contributed by atoms with Crippen molar-refractivity contribution in [3.05, 3.63) is 59.3 Å². The van der Waals surface area contributed by atoms with Crippen molar-refractivity contribution in [2.24, 2.45) is 11.8 Å². The molecule has 218 valence electrons. The summed E-state index contributed by atoms with van der Waals surface area (Å²) in [6.07, 6.45) is -4.12. The number of ether oxygens (including phenoxy) is 2. The number of halogens is 6. The summed E-state index contributed by atoms with van der Waals surface area (Å²) in [5, 5.41) is 7.66. The number of hydrogen-bond acceptors (Lipinski definition) is 7. The summed E-state index contributed by atoms with van der Waals surface area (Å²) < 4.78 is 93.4. The van der Waals surface area contributed by atoms with E-state index in [1.54, 1.807) is 0 Å². The number of fused-ring (bicyclic) bond motifs is 1. The van der Waals surface area contributed by atoms with E-state index in [1.165, 1.54) is 19.3 Å². The summed E-state index contributed by atoms with van der Waals surface area (Å²) in [7, 11) is 0. The molecule has 0 spiro atoms. The second-order valence-corrected chi connectivity index (χ2v) is 9.81. The van der Waals surface area contributed by atoms with Gasteiger partial charge in [-0.05, 0) is 44.2 Å². The van der Waals surface area contributed by atoms with Crippen LogP contribution >= 0.6 is 0 Å². The van der Waals surface area contributed by atoms with Crippen molar-refractivity contribution in [2.75, 3.05) is 4.90 Å². The number of pyridine rings is 1. The number of cyclic esters (lactones) is 1. The number of esters is 1. The van der Waals surface area contributed by atoms with E-state index in [-0.39, 0.29) is 49.0 Å². The molecule has 0 saturated heterocycles. The fraction of sp³-hybridized carbons (Fsp3) is 0.423. The Morgan fingerprint density at radius 3 is 2.44 bits per heavy atom. The van der Waals surface area contributed by atoms with Crippen LogP contribution in [0.3, 0.4) is 0 Å². The van der Waals surface area contributed by atoms with Crippen LogP contribution in [0.2, 0.25) is 0 Å². The van der Waals surface area contributed by atoms with Crippen LogP contribution < -0.4 is 9.64 Å². The fourth-order valence-electron chi connectivity index (χ4n) is 5.02. The van der Waals surface area contributed by atoms with E-state index in [9.17, 15) is 31.5 Å². The molecule has 1 saturated carbocycles. The number of alkyl halides is 5. The Morgan fingerprint density at radius 1 is 1.12 bits per heavy atom. The SMILES string of the molecule is CC1OC(=O)c2cc(Oc3ncc(Cn4nccn4)cc3C(F)(F)F)c(F)cc2N1C(=O)C1CCC(C(F)F)CC1. The van der Waals surface area contributed by atoms with Gasteiger partial charge >= 0.3 is 12.1 Å². The summed E-state index contributed by atoms with van der Waals surface area (Å²) in [6, 6.07) is 2.41. The smallest absolute Gasteiger partial charge is 0.421 e. The highest BCUT2D eigenvalue weighted by Gasteiger charge is 2.41. The first kappa shape index (κ1) is 28.4. The predicted octanol–water partition coefficient (Wildman–Crippen LogP) is 5.59. The van der Waals surface area contributed by atoms with Gasteiger partial charge in [-0.2, -0.15) is 28.2 Å². The molecule has 5 rings (SSSR count). The van der Waals surface area contributed by atoms with Crippen molar-refractivity contribution in [1.82, 2.24) is 20.0 Å². The molecule has 2 aromatic heterocycles. The van der Waals surface area contributed by atoms with Crippen molar-refractivity contribution >= 4 is 17.6 Å². The lowest BCUT2D eigenvalue weighted by atomic mass is 9.81. The molecule has 0 bridgehead atoms. The van der Waals surface area contributed by atoms with Crippen LogP contribution in [-0.2, 0) is 22.3 Å². The predicted molar refractivity (Wildman–Crippen MR) is 129 cm³/mol. The second-order valence-electron chi connectivity index (χ2n) is 9.81. The Balaban J connectivity index is 1.43. The monoisotopic (exact) mass is 583 g/mol. The zero-order valence-electron chi connectivity index (χ0n) is 21.4. The molecule has 1 amide bonds. The first-order valence-corrected chi connectivity index (χ1v) is 12.7. The summed E-state index contributed by atoms with van der Waals surface area (Å²) in [5.74, 6) is -5.82. The number of hydrogen-bond donors (Lipinski definition) is 0. The number of amides is 1. The Kier molecular flexibility index (Phi) is 7.62. The highest BCUT2D eigenvalue weighted by Crippen LogP contribution is 2.42. The molecule has 3 heterocycles. The van der Waals surface area contributed by atoms with Crippen molar-refractivity contribution < 1.29 is 45.4 Å². The molecular formula is C26H23F6N5O4. The molecule has 1 aliphatic heterocycles. The van der Waals surface area contributed by atoms with Gasteiger partial charge in [0.2, 0.25) is 18.2 Å². The molecule has 15 heteroatoms. The molecule has 0 N–H and O–H groups in total. The van der Waals surface area contributed by atoms with Crippen molar-refractivity contribution in [1.29, 1.82) is 0 Å². The number of carbonyl (C=O) groups is 2. The molecule has 1 aromatic carbocycles. The van der Waals surface area contributed by atoms with Crippen LogP contribution in [0.4, 0.5) is 32.0 Å². The van der Waals surface area contributed by atoms with E-state index in [4.69, 9.17) is 9.47 Å². The Labute approximate surface area is 229 Å². The minimum Gasteiger partial charge on any atom is -0.438 e. The number of rotatable bonds is 6. The maximum absolute atomic E-state index is 15.3. The molecule has 1 unspecified atom stereocenters. The molecule has 9 nitrogen and oxygen atoms in total. The summed E-state index contributed by atoms with van der Waals surface area (Å²) >= 11 is 0. The molecule has 1 fully saturated rings.